The molecule has 148 valence electrons. The Bertz CT molecular complexity index is 762. The molecule has 0 spiro atoms. The van der Waals surface area contributed by atoms with E-state index in [1.54, 1.807) is 11.3 Å². The number of benzene rings is 1. The van der Waals surface area contributed by atoms with Crippen molar-refractivity contribution in [3.05, 3.63) is 51.5 Å². The highest BCUT2D eigenvalue weighted by Crippen LogP contribution is 2.11. The molecule has 0 fully saturated rings. The molecule has 2 N–H and O–H groups in total. The Morgan fingerprint density at radius 1 is 1.26 bits per heavy atom. The molecule has 27 heavy (non-hydrogen) atoms. The van der Waals surface area contributed by atoms with Gasteiger partial charge in [-0.25, -0.2) is 9.98 Å². The van der Waals surface area contributed by atoms with Gasteiger partial charge in [0.05, 0.1) is 23.8 Å². The molecule has 2 aromatic rings. The molecule has 0 saturated heterocycles. The highest BCUT2D eigenvalue weighted by atomic mass is 127. The third-order valence-electron chi connectivity index (χ3n) is 3.70. The highest BCUT2D eigenvalue weighted by Gasteiger charge is 2.09. The van der Waals surface area contributed by atoms with Gasteiger partial charge in [-0.05, 0) is 38.5 Å². The Balaban J connectivity index is 0.00000364. The topological polar surface area (TPSA) is 69.6 Å². The number of guanidine groups is 1. The van der Waals surface area contributed by atoms with Crippen LogP contribution in [0.4, 0.5) is 0 Å². The summed E-state index contributed by atoms with van der Waals surface area (Å²) in [6.45, 7) is 8.59. The minimum atomic E-state index is -0.0544. The SMILES string of the molecule is CCNC(=O)c1cccc(CN=C(NCC)N(C)Cc2csc(C)n2)c1.I. The standard InChI is InChI=1S/C19H27N5OS.HI/c1-5-20-18(25)16-9-7-8-15(10-16)11-22-19(21-6-2)24(4)12-17-13-26-14(3)23-17;/h7-10,13H,5-6,11-12H2,1-4H3,(H,20,25)(H,21,22);1H. The summed E-state index contributed by atoms with van der Waals surface area (Å²) in [6.07, 6.45) is 0. The number of hydrogen-bond acceptors (Lipinski definition) is 4. The fourth-order valence-electron chi connectivity index (χ4n) is 2.51. The summed E-state index contributed by atoms with van der Waals surface area (Å²) < 4.78 is 0. The molecule has 0 atom stereocenters. The monoisotopic (exact) mass is 501 g/mol. The summed E-state index contributed by atoms with van der Waals surface area (Å²) in [4.78, 5) is 23.3. The summed E-state index contributed by atoms with van der Waals surface area (Å²) in [5, 5.41) is 9.27. The van der Waals surface area contributed by atoms with Gasteiger partial charge in [0, 0.05) is 31.1 Å². The van der Waals surface area contributed by atoms with Crippen LogP contribution in [-0.4, -0.2) is 41.9 Å². The molecular formula is C19H28IN5OS. The van der Waals surface area contributed by atoms with Crippen LogP contribution in [0.3, 0.4) is 0 Å². The van der Waals surface area contributed by atoms with Crippen molar-refractivity contribution in [2.45, 2.75) is 33.9 Å². The van der Waals surface area contributed by atoms with Gasteiger partial charge in [0.1, 0.15) is 0 Å². The lowest BCUT2D eigenvalue weighted by molar-refractivity contribution is 0.0955. The van der Waals surface area contributed by atoms with E-state index in [0.717, 1.165) is 28.8 Å². The Labute approximate surface area is 182 Å². The van der Waals surface area contributed by atoms with Crippen LogP contribution in [-0.2, 0) is 13.1 Å². The second-order valence-electron chi connectivity index (χ2n) is 5.94. The average molecular weight is 501 g/mol. The summed E-state index contributed by atoms with van der Waals surface area (Å²) >= 11 is 1.65. The lowest BCUT2D eigenvalue weighted by Gasteiger charge is -2.21. The molecule has 0 aliphatic rings. The molecule has 6 nitrogen and oxygen atoms in total. The van der Waals surface area contributed by atoms with Crippen LogP contribution in [0, 0.1) is 6.92 Å². The first-order valence-corrected chi connectivity index (χ1v) is 9.69. The van der Waals surface area contributed by atoms with E-state index in [9.17, 15) is 4.79 Å². The largest absolute Gasteiger partial charge is 0.357 e. The minimum absolute atomic E-state index is 0. The second-order valence-corrected chi connectivity index (χ2v) is 7.01. The zero-order valence-electron chi connectivity index (χ0n) is 16.3. The van der Waals surface area contributed by atoms with Crippen molar-refractivity contribution in [1.29, 1.82) is 0 Å². The van der Waals surface area contributed by atoms with E-state index in [0.29, 0.717) is 25.2 Å². The maximum atomic E-state index is 12.0. The molecule has 0 aliphatic carbocycles. The van der Waals surface area contributed by atoms with Crippen LogP contribution in [0.25, 0.3) is 0 Å². The third kappa shape index (κ3) is 7.45. The van der Waals surface area contributed by atoms with Crippen molar-refractivity contribution in [3.63, 3.8) is 0 Å². The molecule has 0 radical (unpaired) electrons. The lowest BCUT2D eigenvalue weighted by Crippen LogP contribution is -2.38. The molecule has 0 unspecified atom stereocenters. The Hall–Kier alpha value is -1.68. The summed E-state index contributed by atoms with van der Waals surface area (Å²) in [5.74, 6) is 0.767. The molecule has 8 heteroatoms. The van der Waals surface area contributed by atoms with Crippen LogP contribution in [0.15, 0.2) is 34.6 Å². The molecule has 2 rings (SSSR count). The summed E-state index contributed by atoms with van der Waals surface area (Å²) in [5.41, 5.74) is 2.71. The number of nitrogens with zero attached hydrogens (tertiary/aromatic N) is 3. The normalized spacial score (nSPS) is 10.9. The van der Waals surface area contributed by atoms with Crippen LogP contribution in [0.2, 0.25) is 0 Å². The number of nitrogens with one attached hydrogen (secondary N) is 2. The van der Waals surface area contributed by atoms with Gasteiger partial charge in [0.2, 0.25) is 0 Å². The van der Waals surface area contributed by atoms with E-state index in [1.165, 1.54) is 0 Å². The van der Waals surface area contributed by atoms with Gasteiger partial charge in [0.15, 0.2) is 5.96 Å². The Kier molecular flexibility index (Phi) is 10.3. The number of thiazole rings is 1. The van der Waals surface area contributed by atoms with Crippen molar-refractivity contribution < 1.29 is 4.79 Å². The molecule has 1 aromatic heterocycles. The van der Waals surface area contributed by atoms with E-state index in [2.05, 4.69) is 25.9 Å². The van der Waals surface area contributed by atoms with E-state index in [4.69, 9.17) is 4.99 Å². The molecule has 0 aliphatic heterocycles. The first kappa shape index (κ1) is 23.4. The van der Waals surface area contributed by atoms with E-state index in [-0.39, 0.29) is 29.9 Å². The lowest BCUT2D eigenvalue weighted by atomic mass is 10.1. The molecular weight excluding hydrogens is 473 g/mol. The summed E-state index contributed by atoms with van der Waals surface area (Å²) in [6, 6.07) is 7.59. The van der Waals surface area contributed by atoms with Gasteiger partial charge in [0.25, 0.3) is 5.91 Å². The van der Waals surface area contributed by atoms with Gasteiger partial charge >= 0.3 is 0 Å². The van der Waals surface area contributed by atoms with Crippen molar-refractivity contribution >= 4 is 47.2 Å². The highest BCUT2D eigenvalue weighted by molar-refractivity contribution is 14.0. The average Bonchev–Trinajstić information content (AvgIpc) is 3.03. The molecule has 0 bridgehead atoms. The third-order valence-corrected chi connectivity index (χ3v) is 4.52. The quantitative estimate of drug-likeness (QED) is 0.347. The van der Waals surface area contributed by atoms with E-state index >= 15 is 0 Å². The van der Waals surface area contributed by atoms with Crippen LogP contribution < -0.4 is 10.6 Å². The van der Waals surface area contributed by atoms with Crippen molar-refractivity contribution in [2.24, 2.45) is 4.99 Å². The number of rotatable bonds is 7. The van der Waals surface area contributed by atoms with Gasteiger partial charge in [-0.3, -0.25) is 4.79 Å². The number of hydrogen-bond donors (Lipinski definition) is 2. The zero-order valence-corrected chi connectivity index (χ0v) is 19.4. The second kappa shape index (κ2) is 11.9. The summed E-state index contributed by atoms with van der Waals surface area (Å²) in [7, 11) is 2.00. The van der Waals surface area contributed by atoms with Gasteiger partial charge in [-0.1, -0.05) is 12.1 Å². The number of carbonyl (C=O) groups excluding carboxylic acids is 1. The number of halogens is 1. The van der Waals surface area contributed by atoms with Crippen LogP contribution >= 0.6 is 35.3 Å². The number of aryl methyl sites for hydroxylation is 1. The maximum absolute atomic E-state index is 12.0. The number of aromatic nitrogens is 1. The fourth-order valence-corrected chi connectivity index (χ4v) is 3.11. The van der Waals surface area contributed by atoms with Crippen LogP contribution in [0.5, 0.6) is 0 Å². The fraction of sp³-hybridized carbons (Fsp3) is 0.421. The number of amides is 1. The predicted octanol–water partition coefficient (Wildman–Crippen LogP) is 3.42. The number of aliphatic imine (C=N–C) groups is 1. The van der Waals surface area contributed by atoms with Crippen molar-refractivity contribution in [3.8, 4) is 0 Å². The van der Waals surface area contributed by atoms with Crippen molar-refractivity contribution in [1.82, 2.24) is 20.5 Å². The van der Waals surface area contributed by atoms with Crippen molar-refractivity contribution in [2.75, 3.05) is 20.1 Å². The Morgan fingerprint density at radius 3 is 2.63 bits per heavy atom. The van der Waals surface area contributed by atoms with Crippen LogP contribution in [0.1, 0.15) is 40.5 Å². The number of carbonyl (C=O) groups is 1. The van der Waals surface area contributed by atoms with Gasteiger partial charge < -0.3 is 15.5 Å². The molecule has 1 amide bonds. The predicted molar refractivity (Wildman–Crippen MR) is 123 cm³/mol. The van der Waals surface area contributed by atoms with Gasteiger partial charge in [-0.15, -0.1) is 35.3 Å². The van der Waals surface area contributed by atoms with E-state index < -0.39 is 0 Å². The smallest absolute Gasteiger partial charge is 0.251 e. The first-order chi connectivity index (χ1) is 12.5. The molecule has 1 heterocycles. The van der Waals surface area contributed by atoms with E-state index in [1.807, 2.05) is 52.1 Å². The zero-order chi connectivity index (χ0) is 18.9. The molecule has 1 aromatic carbocycles. The molecule has 0 saturated carbocycles. The Morgan fingerprint density at radius 2 is 2.00 bits per heavy atom. The first-order valence-electron chi connectivity index (χ1n) is 8.81. The minimum Gasteiger partial charge on any atom is -0.357 e. The maximum Gasteiger partial charge on any atom is 0.251 e. The van der Waals surface area contributed by atoms with Gasteiger partial charge in [-0.2, -0.15) is 0 Å².